The van der Waals surface area contributed by atoms with Crippen molar-refractivity contribution >= 4 is 18.3 Å². The van der Waals surface area contributed by atoms with Crippen molar-refractivity contribution in [1.29, 1.82) is 0 Å². The molecule has 4 heteroatoms. The van der Waals surface area contributed by atoms with Gasteiger partial charge in [-0.05, 0) is 37.1 Å². The minimum absolute atomic E-state index is 0. The Morgan fingerprint density at radius 2 is 1.62 bits per heavy atom. The topological polar surface area (TPSA) is 32.3 Å². The van der Waals surface area contributed by atoms with E-state index in [4.69, 9.17) is 0 Å². The molecule has 2 aromatic rings. The first-order valence-electron chi connectivity index (χ1n) is 8.33. The van der Waals surface area contributed by atoms with Crippen molar-refractivity contribution in [1.82, 2.24) is 10.2 Å². The summed E-state index contributed by atoms with van der Waals surface area (Å²) in [5, 5.41) is 3.22. The fourth-order valence-corrected chi connectivity index (χ4v) is 3.44. The van der Waals surface area contributed by atoms with Gasteiger partial charge in [-0.3, -0.25) is 4.79 Å². The Morgan fingerprint density at radius 3 is 2.12 bits per heavy atom. The van der Waals surface area contributed by atoms with Gasteiger partial charge in [0.05, 0.1) is 5.92 Å². The van der Waals surface area contributed by atoms with Crippen molar-refractivity contribution in [2.45, 2.75) is 12.3 Å². The summed E-state index contributed by atoms with van der Waals surface area (Å²) >= 11 is 0. The van der Waals surface area contributed by atoms with Gasteiger partial charge in [-0.25, -0.2) is 0 Å². The fourth-order valence-electron chi connectivity index (χ4n) is 3.44. The van der Waals surface area contributed by atoms with Gasteiger partial charge in [0.25, 0.3) is 0 Å². The van der Waals surface area contributed by atoms with E-state index < -0.39 is 0 Å². The van der Waals surface area contributed by atoms with Gasteiger partial charge in [-0.1, -0.05) is 60.7 Å². The lowest BCUT2D eigenvalue weighted by molar-refractivity contribution is -0.130. The third-order valence-electron chi connectivity index (χ3n) is 4.60. The molecule has 0 bridgehead atoms. The minimum atomic E-state index is -0.203. The van der Waals surface area contributed by atoms with Gasteiger partial charge in [0.2, 0.25) is 5.91 Å². The van der Waals surface area contributed by atoms with Crippen LogP contribution in [0.4, 0.5) is 0 Å². The molecule has 0 aliphatic carbocycles. The predicted octanol–water partition coefficient (Wildman–Crippen LogP) is 3.31. The van der Waals surface area contributed by atoms with Crippen molar-refractivity contribution in [3.8, 4) is 0 Å². The molecule has 1 saturated heterocycles. The van der Waals surface area contributed by atoms with Crippen molar-refractivity contribution in [2.75, 3.05) is 26.7 Å². The highest BCUT2D eigenvalue weighted by molar-refractivity contribution is 5.87. The number of amides is 1. The highest BCUT2D eigenvalue weighted by Crippen LogP contribution is 2.29. The van der Waals surface area contributed by atoms with E-state index in [1.807, 2.05) is 48.3 Å². The molecule has 128 valence electrons. The molecule has 1 amide bonds. The average Bonchev–Trinajstić information content (AvgIpc) is 3.06. The maximum absolute atomic E-state index is 13.2. The molecule has 1 unspecified atom stereocenters. The van der Waals surface area contributed by atoms with E-state index >= 15 is 0 Å². The van der Waals surface area contributed by atoms with Crippen LogP contribution in [0.3, 0.4) is 0 Å². The molecular weight excluding hydrogens is 320 g/mol. The maximum atomic E-state index is 13.2. The molecule has 1 aliphatic rings. The Balaban J connectivity index is 0.00000208. The maximum Gasteiger partial charge on any atom is 0.234 e. The molecular formula is C20H25ClN2O. The van der Waals surface area contributed by atoms with Gasteiger partial charge < -0.3 is 10.2 Å². The fraction of sp³-hybridized carbons (Fsp3) is 0.350. The second kappa shape index (κ2) is 8.86. The Hall–Kier alpha value is -1.84. The van der Waals surface area contributed by atoms with Crippen LogP contribution in [-0.4, -0.2) is 37.5 Å². The number of benzene rings is 2. The van der Waals surface area contributed by atoms with E-state index in [2.05, 4.69) is 29.6 Å². The standard InChI is InChI=1S/C20H24N2O.ClH/c1-21-14-16-12-13-22(15-16)20(23)19(17-8-4-2-5-9-17)18-10-6-3-7-11-18;/h2-11,16,19,21H,12-15H2,1H3;1H. The smallest absolute Gasteiger partial charge is 0.234 e. The van der Waals surface area contributed by atoms with Gasteiger partial charge in [-0.15, -0.1) is 12.4 Å². The number of hydrogen-bond acceptors (Lipinski definition) is 2. The lowest BCUT2D eigenvalue weighted by Crippen LogP contribution is -2.34. The summed E-state index contributed by atoms with van der Waals surface area (Å²) in [7, 11) is 1.97. The van der Waals surface area contributed by atoms with Crippen LogP contribution in [0.25, 0.3) is 0 Å². The highest BCUT2D eigenvalue weighted by Gasteiger charge is 2.32. The first kappa shape index (κ1) is 18.5. The molecule has 1 aliphatic heterocycles. The summed E-state index contributed by atoms with van der Waals surface area (Å²) in [6, 6.07) is 20.2. The Kier molecular flexibility index (Phi) is 6.83. The lowest BCUT2D eigenvalue weighted by atomic mass is 9.90. The van der Waals surface area contributed by atoms with Crippen LogP contribution in [-0.2, 0) is 4.79 Å². The third kappa shape index (κ3) is 4.16. The number of halogens is 1. The quantitative estimate of drug-likeness (QED) is 0.902. The minimum Gasteiger partial charge on any atom is -0.342 e. The van der Waals surface area contributed by atoms with Crippen LogP contribution < -0.4 is 5.32 Å². The van der Waals surface area contributed by atoms with Crippen molar-refractivity contribution < 1.29 is 4.79 Å². The summed E-state index contributed by atoms with van der Waals surface area (Å²) < 4.78 is 0. The van der Waals surface area contributed by atoms with Gasteiger partial charge in [0, 0.05) is 13.1 Å². The average molecular weight is 345 g/mol. The molecule has 1 N–H and O–H groups in total. The molecule has 0 spiro atoms. The number of carbonyl (C=O) groups excluding carboxylic acids is 1. The predicted molar refractivity (Wildman–Crippen MR) is 101 cm³/mol. The van der Waals surface area contributed by atoms with E-state index in [0.717, 1.165) is 37.2 Å². The number of hydrogen-bond donors (Lipinski definition) is 1. The summed E-state index contributed by atoms with van der Waals surface area (Å²) in [4.78, 5) is 15.2. The summed E-state index contributed by atoms with van der Waals surface area (Å²) in [6.07, 6.45) is 1.09. The Morgan fingerprint density at radius 1 is 1.08 bits per heavy atom. The largest absolute Gasteiger partial charge is 0.342 e. The van der Waals surface area contributed by atoms with Gasteiger partial charge in [-0.2, -0.15) is 0 Å². The van der Waals surface area contributed by atoms with Crippen molar-refractivity contribution in [3.05, 3.63) is 71.8 Å². The second-order valence-corrected chi connectivity index (χ2v) is 6.25. The zero-order valence-electron chi connectivity index (χ0n) is 14.0. The summed E-state index contributed by atoms with van der Waals surface area (Å²) in [5.41, 5.74) is 2.14. The Labute approximate surface area is 150 Å². The van der Waals surface area contributed by atoms with Gasteiger partial charge in [0.1, 0.15) is 0 Å². The zero-order valence-corrected chi connectivity index (χ0v) is 14.8. The monoisotopic (exact) mass is 344 g/mol. The third-order valence-corrected chi connectivity index (χ3v) is 4.60. The molecule has 0 saturated carbocycles. The molecule has 0 radical (unpaired) electrons. The highest BCUT2D eigenvalue weighted by atomic mass is 35.5. The van der Waals surface area contributed by atoms with Crippen molar-refractivity contribution in [2.24, 2.45) is 5.92 Å². The molecule has 1 fully saturated rings. The number of likely N-dealkylation sites (tertiary alicyclic amines) is 1. The molecule has 3 nitrogen and oxygen atoms in total. The normalized spacial score (nSPS) is 16.9. The Bertz CT molecular complexity index is 593. The van der Waals surface area contributed by atoms with E-state index in [-0.39, 0.29) is 24.2 Å². The van der Waals surface area contributed by atoms with Crippen LogP contribution in [0, 0.1) is 5.92 Å². The van der Waals surface area contributed by atoms with Gasteiger partial charge in [0.15, 0.2) is 0 Å². The van der Waals surface area contributed by atoms with Crippen LogP contribution in [0.5, 0.6) is 0 Å². The molecule has 2 aromatic carbocycles. The van der Waals surface area contributed by atoms with E-state index in [1.165, 1.54) is 0 Å². The molecule has 24 heavy (non-hydrogen) atoms. The number of nitrogens with zero attached hydrogens (tertiary/aromatic N) is 1. The molecule has 3 rings (SSSR count). The number of carbonyl (C=O) groups is 1. The zero-order chi connectivity index (χ0) is 16.1. The van der Waals surface area contributed by atoms with E-state index in [1.54, 1.807) is 0 Å². The summed E-state index contributed by atoms with van der Waals surface area (Å²) in [5.74, 6) is 0.586. The van der Waals surface area contributed by atoms with E-state index in [9.17, 15) is 4.79 Å². The second-order valence-electron chi connectivity index (χ2n) is 6.25. The summed E-state index contributed by atoms with van der Waals surface area (Å²) in [6.45, 7) is 2.70. The van der Waals surface area contributed by atoms with Crippen LogP contribution in [0.1, 0.15) is 23.5 Å². The van der Waals surface area contributed by atoms with Gasteiger partial charge >= 0.3 is 0 Å². The number of nitrogens with one attached hydrogen (secondary N) is 1. The number of rotatable bonds is 5. The first-order valence-corrected chi connectivity index (χ1v) is 8.33. The van der Waals surface area contributed by atoms with E-state index in [0.29, 0.717) is 5.92 Å². The lowest BCUT2D eigenvalue weighted by Gasteiger charge is -2.24. The molecule has 1 atom stereocenters. The van der Waals surface area contributed by atoms with Crippen molar-refractivity contribution in [3.63, 3.8) is 0 Å². The van der Waals surface area contributed by atoms with Crippen LogP contribution in [0.15, 0.2) is 60.7 Å². The van der Waals surface area contributed by atoms with Crippen LogP contribution >= 0.6 is 12.4 Å². The van der Waals surface area contributed by atoms with Crippen LogP contribution in [0.2, 0.25) is 0 Å². The SMILES string of the molecule is CNCC1CCN(C(=O)C(c2ccccc2)c2ccccc2)C1.Cl. The molecule has 0 aromatic heterocycles. The first-order chi connectivity index (χ1) is 11.3. The molecule has 1 heterocycles.